The lowest BCUT2D eigenvalue weighted by atomic mass is 10.1. The van der Waals surface area contributed by atoms with E-state index in [1.54, 1.807) is 0 Å². The standard InChI is InChI=1S/C14H15ClFNO5S/c1-21-12-6-3-9(15)7-13(12)23(19,20)17-8-10(16)4-5-11(17)14(18)22-2/h3-4,6-7,11H,5,8H2,1-2H3. The Morgan fingerprint density at radius 1 is 1.39 bits per heavy atom. The second kappa shape index (κ2) is 6.86. The van der Waals surface area contributed by atoms with Gasteiger partial charge in [-0.05, 0) is 30.7 Å². The molecular weight excluding hydrogens is 349 g/mol. The van der Waals surface area contributed by atoms with Gasteiger partial charge < -0.3 is 9.47 Å². The Kier molecular flexibility index (Phi) is 5.28. The van der Waals surface area contributed by atoms with E-state index in [0.717, 1.165) is 11.4 Å². The molecule has 126 valence electrons. The Morgan fingerprint density at radius 2 is 2.09 bits per heavy atom. The van der Waals surface area contributed by atoms with Crippen molar-refractivity contribution in [2.24, 2.45) is 0 Å². The Labute approximate surface area is 138 Å². The lowest BCUT2D eigenvalue weighted by Gasteiger charge is -2.31. The first-order valence-corrected chi connectivity index (χ1v) is 8.40. The summed E-state index contributed by atoms with van der Waals surface area (Å²) >= 11 is 5.86. The number of sulfonamides is 1. The maximum Gasteiger partial charge on any atom is 0.324 e. The number of hydrogen-bond donors (Lipinski definition) is 0. The minimum absolute atomic E-state index is 0.0491. The molecule has 23 heavy (non-hydrogen) atoms. The molecule has 1 aromatic rings. The molecule has 0 fully saturated rings. The molecule has 0 N–H and O–H groups in total. The van der Waals surface area contributed by atoms with Crippen molar-refractivity contribution < 1.29 is 27.1 Å². The summed E-state index contributed by atoms with van der Waals surface area (Å²) in [6.45, 7) is -0.558. The molecule has 9 heteroatoms. The van der Waals surface area contributed by atoms with Crippen LogP contribution < -0.4 is 4.74 Å². The van der Waals surface area contributed by atoms with Crippen LogP contribution in [0.2, 0.25) is 5.02 Å². The number of rotatable bonds is 4. The van der Waals surface area contributed by atoms with Crippen molar-refractivity contribution in [1.82, 2.24) is 4.31 Å². The van der Waals surface area contributed by atoms with Gasteiger partial charge in [0.05, 0.1) is 20.8 Å². The van der Waals surface area contributed by atoms with E-state index in [2.05, 4.69) is 4.74 Å². The minimum atomic E-state index is -4.22. The molecule has 0 radical (unpaired) electrons. The van der Waals surface area contributed by atoms with Crippen LogP contribution in [0.25, 0.3) is 0 Å². The first-order valence-electron chi connectivity index (χ1n) is 6.59. The predicted octanol–water partition coefficient (Wildman–Crippen LogP) is 2.14. The van der Waals surface area contributed by atoms with E-state index in [4.69, 9.17) is 16.3 Å². The van der Waals surface area contributed by atoms with E-state index >= 15 is 0 Å². The second-order valence-corrected chi connectivity index (χ2v) is 7.07. The summed E-state index contributed by atoms with van der Waals surface area (Å²) in [6, 6.07) is 2.90. The fraction of sp³-hybridized carbons (Fsp3) is 0.357. The molecule has 0 saturated carbocycles. The minimum Gasteiger partial charge on any atom is -0.495 e. The Hall–Kier alpha value is -1.64. The van der Waals surface area contributed by atoms with Gasteiger partial charge in [0.15, 0.2) is 0 Å². The van der Waals surface area contributed by atoms with Crippen LogP contribution in [0.5, 0.6) is 5.75 Å². The number of carbonyl (C=O) groups is 1. The Balaban J connectivity index is 2.54. The molecule has 0 saturated heterocycles. The summed E-state index contributed by atoms with van der Waals surface area (Å²) < 4.78 is 49.8. The number of carbonyl (C=O) groups excluding carboxylic acids is 1. The SMILES string of the molecule is COC(=O)C1CC=C(F)CN1S(=O)(=O)c1cc(Cl)ccc1OC. The third-order valence-electron chi connectivity index (χ3n) is 3.40. The first-order chi connectivity index (χ1) is 10.8. The molecule has 6 nitrogen and oxygen atoms in total. The van der Waals surface area contributed by atoms with Crippen molar-refractivity contribution in [3.63, 3.8) is 0 Å². The van der Waals surface area contributed by atoms with Gasteiger partial charge in [0.1, 0.15) is 22.5 Å². The number of benzene rings is 1. The molecule has 0 bridgehead atoms. The molecule has 1 aromatic carbocycles. The van der Waals surface area contributed by atoms with Crippen LogP contribution in [0.4, 0.5) is 4.39 Å². The second-order valence-electron chi connectivity index (χ2n) is 4.77. The normalized spacial score (nSPS) is 19.1. The van der Waals surface area contributed by atoms with Gasteiger partial charge in [-0.2, -0.15) is 4.31 Å². The highest BCUT2D eigenvalue weighted by atomic mass is 35.5. The fourth-order valence-corrected chi connectivity index (χ4v) is 4.23. The molecule has 1 atom stereocenters. The fourth-order valence-electron chi connectivity index (χ4n) is 2.26. The van der Waals surface area contributed by atoms with Crippen molar-refractivity contribution in [2.75, 3.05) is 20.8 Å². The number of halogens is 2. The number of methoxy groups -OCH3 is 2. The quantitative estimate of drug-likeness (QED) is 0.766. The predicted molar refractivity (Wildman–Crippen MR) is 81.5 cm³/mol. The summed E-state index contributed by atoms with van der Waals surface area (Å²) in [5, 5.41) is 0.173. The topological polar surface area (TPSA) is 72.9 Å². The van der Waals surface area contributed by atoms with Crippen LogP contribution in [-0.4, -0.2) is 45.5 Å². The van der Waals surface area contributed by atoms with Crippen molar-refractivity contribution >= 4 is 27.6 Å². The van der Waals surface area contributed by atoms with Gasteiger partial charge in [-0.15, -0.1) is 0 Å². The average molecular weight is 364 g/mol. The highest BCUT2D eigenvalue weighted by Crippen LogP contribution is 2.33. The van der Waals surface area contributed by atoms with Crippen molar-refractivity contribution in [2.45, 2.75) is 17.4 Å². The third kappa shape index (κ3) is 3.49. The van der Waals surface area contributed by atoms with E-state index in [1.807, 2.05) is 0 Å². The first kappa shape index (κ1) is 17.7. The highest BCUT2D eigenvalue weighted by molar-refractivity contribution is 7.89. The smallest absolute Gasteiger partial charge is 0.324 e. The lowest BCUT2D eigenvalue weighted by Crippen LogP contribution is -2.47. The van der Waals surface area contributed by atoms with Gasteiger partial charge in [-0.25, -0.2) is 12.8 Å². The lowest BCUT2D eigenvalue weighted by molar-refractivity contribution is -0.145. The van der Waals surface area contributed by atoms with Crippen molar-refractivity contribution in [3.8, 4) is 5.75 Å². The van der Waals surface area contributed by atoms with Crippen molar-refractivity contribution in [1.29, 1.82) is 0 Å². The maximum absolute atomic E-state index is 13.6. The van der Waals surface area contributed by atoms with Crippen LogP contribution in [0, 0.1) is 0 Å². The number of esters is 1. The molecule has 0 aromatic heterocycles. The van der Waals surface area contributed by atoms with Gasteiger partial charge >= 0.3 is 5.97 Å². The summed E-state index contributed by atoms with van der Waals surface area (Å²) in [6.07, 6.45) is 1.06. The average Bonchev–Trinajstić information content (AvgIpc) is 2.54. The highest BCUT2D eigenvalue weighted by Gasteiger charge is 2.40. The summed E-state index contributed by atoms with van der Waals surface area (Å²) in [7, 11) is -1.78. The molecule has 1 unspecified atom stereocenters. The Bertz CT molecular complexity index is 750. The van der Waals surface area contributed by atoms with Crippen LogP contribution in [-0.2, 0) is 19.6 Å². The summed E-state index contributed by atoms with van der Waals surface area (Å²) in [5.74, 6) is -1.36. The number of hydrogen-bond acceptors (Lipinski definition) is 5. The molecule has 0 spiro atoms. The van der Waals surface area contributed by atoms with Gasteiger partial charge in [0.25, 0.3) is 0 Å². The monoisotopic (exact) mass is 363 g/mol. The molecule has 1 aliphatic heterocycles. The zero-order chi connectivity index (χ0) is 17.2. The Morgan fingerprint density at radius 3 is 2.70 bits per heavy atom. The van der Waals surface area contributed by atoms with E-state index in [0.29, 0.717) is 0 Å². The zero-order valence-corrected chi connectivity index (χ0v) is 14.0. The maximum atomic E-state index is 13.6. The number of ether oxygens (including phenoxy) is 2. The molecule has 2 rings (SSSR count). The number of nitrogens with zero attached hydrogens (tertiary/aromatic N) is 1. The van der Waals surface area contributed by atoms with Gasteiger partial charge in [-0.3, -0.25) is 4.79 Å². The van der Waals surface area contributed by atoms with Gasteiger partial charge in [-0.1, -0.05) is 11.6 Å². The van der Waals surface area contributed by atoms with E-state index in [9.17, 15) is 17.6 Å². The van der Waals surface area contributed by atoms with Crippen LogP contribution >= 0.6 is 11.6 Å². The van der Waals surface area contributed by atoms with Crippen LogP contribution in [0.3, 0.4) is 0 Å². The van der Waals surface area contributed by atoms with E-state index in [-0.39, 0.29) is 22.1 Å². The van der Waals surface area contributed by atoms with Crippen LogP contribution in [0.1, 0.15) is 6.42 Å². The van der Waals surface area contributed by atoms with Crippen molar-refractivity contribution in [3.05, 3.63) is 35.1 Å². The van der Waals surface area contributed by atoms with Gasteiger partial charge in [0.2, 0.25) is 10.0 Å². The molecule has 0 amide bonds. The summed E-state index contributed by atoms with van der Waals surface area (Å²) in [4.78, 5) is 11.6. The third-order valence-corrected chi connectivity index (χ3v) is 5.51. The molecule has 1 heterocycles. The largest absolute Gasteiger partial charge is 0.495 e. The molecular formula is C14H15ClFNO5S. The van der Waals surface area contributed by atoms with E-state index < -0.39 is 34.4 Å². The molecule has 0 aliphatic carbocycles. The zero-order valence-electron chi connectivity index (χ0n) is 12.5. The summed E-state index contributed by atoms with van der Waals surface area (Å²) in [5.41, 5.74) is 0. The van der Waals surface area contributed by atoms with Crippen LogP contribution in [0.15, 0.2) is 35.0 Å². The van der Waals surface area contributed by atoms with E-state index in [1.165, 1.54) is 31.4 Å². The van der Waals surface area contributed by atoms with Gasteiger partial charge in [0, 0.05) is 5.02 Å². The molecule has 1 aliphatic rings.